The number of anilines is 1. The van der Waals surface area contributed by atoms with E-state index < -0.39 is 11.7 Å². The van der Waals surface area contributed by atoms with Crippen molar-refractivity contribution in [3.63, 3.8) is 0 Å². The number of aromatic nitrogens is 1. The predicted molar refractivity (Wildman–Crippen MR) is 155 cm³/mol. The molecule has 3 N–H and O–H groups in total. The number of carbonyl (C=O) groups excluding carboxylic acids is 2. The molecule has 5 aliphatic rings. The third kappa shape index (κ3) is 4.53. The molecule has 0 radical (unpaired) electrons. The second-order valence-corrected chi connectivity index (χ2v) is 11.5. The highest BCUT2D eigenvalue weighted by atomic mass is 19.1. The highest BCUT2D eigenvalue weighted by Crippen LogP contribution is 2.42. The number of fused-ring (bicyclic) bond motifs is 2. The van der Waals surface area contributed by atoms with Crippen molar-refractivity contribution in [1.29, 1.82) is 0 Å². The van der Waals surface area contributed by atoms with Crippen molar-refractivity contribution in [1.82, 2.24) is 9.88 Å². The van der Waals surface area contributed by atoms with Gasteiger partial charge in [-0.2, -0.15) is 10.8 Å². The Kier molecular flexibility index (Phi) is 6.51. The number of nitrogens with zero attached hydrogens (tertiary/aromatic N) is 5. The molecule has 216 valence electrons. The van der Waals surface area contributed by atoms with E-state index in [2.05, 4.69) is 15.3 Å². The number of rotatable bonds is 7. The van der Waals surface area contributed by atoms with Gasteiger partial charge >= 0.3 is 0 Å². The lowest BCUT2D eigenvalue weighted by Crippen LogP contribution is -2.53. The molecule has 7 rings (SSSR count). The Labute approximate surface area is 243 Å². The molecular formula is C31H33FN7O3+. The van der Waals surface area contributed by atoms with Gasteiger partial charge in [-0.25, -0.2) is 9.37 Å². The zero-order valence-corrected chi connectivity index (χ0v) is 23.4. The number of ether oxygens (including phenoxy) is 1. The number of piperidine rings is 1. The van der Waals surface area contributed by atoms with Crippen LogP contribution >= 0.6 is 0 Å². The Morgan fingerprint density at radius 1 is 1.19 bits per heavy atom. The molecule has 0 bridgehead atoms. The van der Waals surface area contributed by atoms with Crippen LogP contribution in [-0.2, 0) is 4.79 Å². The zero-order valence-electron chi connectivity index (χ0n) is 23.4. The fraction of sp³-hybridized carbons (Fsp3) is 0.387. The van der Waals surface area contributed by atoms with Gasteiger partial charge in [0.25, 0.3) is 11.7 Å². The van der Waals surface area contributed by atoms with Gasteiger partial charge in [0.1, 0.15) is 34.8 Å². The topological polar surface area (TPSA) is 122 Å². The molecule has 2 saturated heterocycles. The van der Waals surface area contributed by atoms with Crippen molar-refractivity contribution >= 4 is 29.7 Å². The van der Waals surface area contributed by atoms with Crippen LogP contribution in [0.2, 0.25) is 0 Å². The van der Waals surface area contributed by atoms with E-state index in [1.54, 1.807) is 24.8 Å². The van der Waals surface area contributed by atoms with E-state index in [-0.39, 0.29) is 34.6 Å². The van der Waals surface area contributed by atoms with Crippen LogP contribution in [0, 0.1) is 11.7 Å². The van der Waals surface area contributed by atoms with Crippen molar-refractivity contribution in [3.05, 3.63) is 76.8 Å². The summed E-state index contributed by atoms with van der Waals surface area (Å²) in [6.45, 7) is 2.67. The summed E-state index contributed by atoms with van der Waals surface area (Å²) >= 11 is 0. The maximum atomic E-state index is 15.7. The first-order valence-corrected chi connectivity index (χ1v) is 14.6. The lowest BCUT2D eigenvalue weighted by molar-refractivity contribution is -0.750. The first kappa shape index (κ1) is 26.7. The Hall–Kier alpha value is -4.22. The van der Waals surface area contributed by atoms with Crippen LogP contribution in [0.1, 0.15) is 72.9 Å². The summed E-state index contributed by atoms with van der Waals surface area (Å²) < 4.78 is 21.4. The molecule has 10 nitrogen and oxygen atoms in total. The van der Waals surface area contributed by atoms with Gasteiger partial charge in [0.2, 0.25) is 11.6 Å². The number of amidine groups is 1. The third-order valence-electron chi connectivity index (χ3n) is 8.86. The minimum Gasteiger partial charge on any atom is -0.493 e. The van der Waals surface area contributed by atoms with Crippen molar-refractivity contribution < 1.29 is 23.3 Å². The van der Waals surface area contributed by atoms with Gasteiger partial charge in [-0.1, -0.05) is 0 Å². The van der Waals surface area contributed by atoms with Crippen LogP contribution in [0.5, 0.6) is 5.75 Å². The van der Waals surface area contributed by atoms with Crippen molar-refractivity contribution in [2.75, 3.05) is 18.5 Å². The molecule has 3 fully saturated rings. The number of halogens is 1. The normalized spacial score (nSPS) is 26.3. The van der Waals surface area contributed by atoms with Crippen molar-refractivity contribution in [2.45, 2.75) is 57.4 Å². The molecule has 0 spiro atoms. The summed E-state index contributed by atoms with van der Waals surface area (Å²) in [7, 11) is 0. The van der Waals surface area contributed by atoms with Crippen LogP contribution in [0.15, 0.2) is 64.2 Å². The minimum atomic E-state index is -0.730. The van der Waals surface area contributed by atoms with Crippen molar-refractivity contribution in [3.8, 4) is 5.75 Å². The molecule has 1 saturated carbocycles. The molecule has 42 heavy (non-hydrogen) atoms. The van der Waals surface area contributed by atoms with Crippen LogP contribution in [0.3, 0.4) is 0 Å². The number of pyridine rings is 1. The predicted octanol–water partition coefficient (Wildman–Crippen LogP) is 4.37. The number of nitrogens with two attached hydrogens (primary N) is 1. The molecule has 1 aliphatic carbocycles. The average molecular weight is 571 g/mol. The van der Waals surface area contributed by atoms with Crippen LogP contribution in [0.25, 0.3) is 0 Å². The maximum absolute atomic E-state index is 15.7. The number of benzene rings is 1. The highest BCUT2D eigenvalue weighted by Gasteiger charge is 2.49. The van der Waals surface area contributed by atoms with Crippen LogP contribution < -0.4 is 15.9 Å². The van der Waals surface area contributed by atoms with Gasteiger partial charge in [-0.15, -0.1) is 4.59 Å². The summed E-state index contributed by atoms with van der Waals surface area (Å²) in [6.07, 6.45) is 12.1. The van der Waals surface area contributed by atoms with E-state index >= 15 is 4.39 Å². The highest BCUT2D eigenvalue weighted by molar-refractivity contribution is 6.07. The maximum Gasteiger partial charge on any atom is 0.268 e. The van der Waals surface area contributed by atoms with Gasteiger partial charge in [0.15, 0.2) is 0 Å². The summed E-state index contributed by atoms with van der Waals surface area (Å²) in [5, 5.41) is 2.73. The second kappa shape index (κ2) is 10.2. The van der Waals surface area contributed by atoms with Gasteiger partial charge in [-0.3, -0.25) is 14.6 Å². The number of carbonyl (C=O) groups is 2. The number of hydrogen-bond donors (Lipinski definition) is 2. The molecule has 1 aromatic carbocycles. The second-order valence-electron chi connectivity index (χ2n) is 11.5. The third-order valence-corrected chi connectivity index (χ3v) is 8.86. The van der Waals surface area contributed by atoms with Crippen molar-refractivity contribution in [2.24, 2.45) is 21.7 Å². The van der Waals surface area contributed by atoms with Crippen LogP contribution in [-0.4, -0.2) is 57.5 Å². The van der Waals surface area contributed by atoms with Crippen LogP contribution in [0.4, 0.5) is 10.2 Å². The molecule has 11 heteroatoms. The lowest BCUT2D eigenvalue weighted by Gasteiger charge is -2.35. The van der Waals surface area contributed by atoms with Gasteiger partial charge < -0.3 is 15.0 Å². The molecule has 5 heterocycles. The van der Waals surface area contributed by atoms with Gasteiger partial charge in [-0.05, 0) is 74.8 Å². The summed E-state index contributed by atoms with van der Waals surface area (Å²) in [6, 6.07) is 6.72. The van der Waals surface area contributed by atoms with E-state index in [0.717, 1.165) is 43.4 Å². The number of quaternary nitrogens is 1. The van der Waals surface area contributed by atoms with Gasteiger partial charge in [0.05, 0.1) is 24.6 Å². The fourth-order valence-electron chi connectivity index (χ4n) is 6.52. The number of amides is 2. The largest absolute Gasteiger partial charge is 0.493 e. The van der Waals surface area contributed by atoms with E-state index in [9.17, 15) is 9.59 Å². The number of nitrogens with one attached hydrogen (secondary N) is 1. The first-order chi connectivity index (χ1) is 20.4. The number of allylic oxidation sites excluding steroid dienone is 1. The fourth-order valence-corrected chi connectivity index (χ4v) is 6.52. The molecule has 1 aromatic heterocycles. The standard InChI is InChI=1S/C31H32FN7O3/c1-2-42-26-15-22(31(41)36-27-13-19(9-10-35-27)18-3-4-18)24(32)14-23(26)30-37-29(25-16-34-11-12-39(25,30)33)20-5-6-21-7-8-28(40)38(21)17-20/h9-16,18,20-21H,2-8,17,33H2,1H3/p+1/t20-,21+,39?/m1/s1. The SMILES string of the molecule is CCOc1cc(C(=O)Nc2cc(C3CC3)ccn2)c(F)cc1C1=NC([C@@H]2CC[C@H]3CCC(=O)N3C2)=C2C=NC=C[N+]12N. The summed E-state index contributed by atoms with van der Waals surface area (Å²) in [5.41, 5.74) is 2.71. The Morgan fingerprint density at radius 3 is 2.83 bits per heavy atom. The molecule has 2 aromatic rings. The minimum absolute atomic E-state index is 0.0286. The quantitative estimate of drug-likeness (QED) is 0.378. The summed E-state index contributed by atoms with van der Waals surface area (Å²) in [4.78, 5) is 41.3. The van der Waals surface area contributed by atoms with E-state index in [4.69, 9.17) is 15.6 Å². The van der Waals surface area contributed by atoms with Gasteiger partial charge in [0, 0.05) is 31.1 Å². The van der Waals surface area contributed by atoms with E-state index in [1.165, 1.54) is 12.1 Å². The molecule has 3 atom stereocenters. The van der Waals surface area contributed by atoms with E-state index in [1.807, 2.05) is 24.0 Å². The molecule has 2 amide bonds. The molecular weight excluding hydrogens is 537 g/mol. The lowest BCUT2D eigenvalue weighted by atomic mass is 9.90. The number of hydrogen-bond acceptors (Lipinski definition) is 7. The Balaban J connectivity index is 1.23. The summed E-state index contributed by atoms with van der Waals surface area (Å²) in [5.74, 6) is 7.27. The smallest absolute Gasteiger partial charge is 0.268 e. The molecule has 4 aliphatic heterocycles. The molecule has 1 unspecified atom stereocenters. The van der Waals surface area contributed by atoms with E-state index in [0.29, 0.717) is 47.5 Å². The average Bonchev–Trinajstić information content (AvgIpc) is 3.71. The first-order valence-electron chi connectivity index (χ1n) is 14.6. The monoisotopic (exact) mass is 570 g/mol. The number of aliphatic imine (C=N–C) groups is 2. The Morgan fingerprint density at radius 2 is 2.02 bits per heavy atom. The zero-order chi connectivity index (χ0) is 29.0. The Bertz CT molecular complexity index is 1610.